The van der Waals surface area contributed by atoms with Gasteiger partial charge in [0, 0.05) is 23.7 Å². The zero-order valence-corrected chi connectivity index (χ0v) is 17.9. The number of amides is 1. The molecule has 0 atom stereocenters. The number of ether oxygens (including phenoxy) is 1. The Labute approximate surface area is 169 Å². The summed E-state index contributed by atoms with van der Waals surface area (Å²) in [5.41, 5.74) is 1.06. The van der Waals surface area contributed by atoms with E-state index in [-0.39, 0.29) is 4.90 Å². The Morgan fingerprint density at radius 3 is 2.36 bits per heavy atom. The Kier molecular flexibility index (Phi) is 7.34. The van der Waals surface area contributed by atoms with Crippen LogP contribution < -0.4 is 5.32 Å². The number of sulfonamides is 1. The smallest absolute Gasteiger partial charge is 0.348 e. The van der Waals surface area contributed by atoms with Gasteiger partial charge in [0.25, 0.3) is 5.91 Å². The van der Waals surface area contributed by atoms with Gasteiger partial charge >= 0.3 is 5.97 Å². The van der Waals surface area contributed by atoms with Crippen LogP contribution in [0, 0.1) is 13.8 Å². The van der Waals surface area contributed by atoms with Crippen molar-refractivity contribution >= 4 is 38.9 Å². The number of hydrogen-bond donors (Lipinski definition) is 1. The van der Waals surface area contributed by atoms with E-state index in [4.69, 9.17) is 4.74 Å². The molecule has 28 heavy (non-hydrogen) atoms. The Morgan fingerprint density at radius 1 is 1.11 bits per heavy atom. The van der Waals surface area contributed by atoms with Crippen molar-refractivity contribution in [2.24, 2.45) is 0 Å². The molecule has 0 radical (unpaired) electrons. The third-order valence-corrected chi connectivity index (χ3v) is 7.13. The predicted octanol–water partition coefficient (Wildman–Crippen LogP) is 3.19. The second-order valence-corrected chi connectivity index (χ2v) is 9.33. The van der Waals surface area contributed by atoms with E-state index in [0.717, 1.165) is 4.88 Å². The molecule has 1 aromatic heterocycles. The summed E-state index contributed by atoms with van der Waals surface area (Å²) in [7, 11) is -3.64. The predicted molar refractivity (Wildman–Crippen MR) is 109 cm³/mol. The van der Waals surface area contributed by atoms with Crippen LogP contribution in [-0.2, 0) is 19.6 Å². The van der Waals surface area contributed by atoms with E-state index in [1.165, 1.54) is 27.8 Å². The van der Waals surface area contributed by atoms with Crippen LogP contribution in [0.4, 0.5) is 5.69 Å². The van der Waals surface area contributed by atoms with Crippen molar-refractivity contribution in [3.8, 4) is 0 Å². The van der Waals surface area contributed by atoms with E-state index in [9.17, 15) is 18.0 Å². The highest BCUT2D eigenvalue weighted by molar-refractivity contribution is 7.89. The summed E-state index contributed by atoms with van der Waals surface area (Å²) in [6.07, 6.45) is 0. The number of hydrogen-bond acceptors (Lipinski definition) is 6. The maximum atomic E-state index is 12.7. The number of anilines is 1. The van der Waals surface area contributed by atoms with E-state index in [1.807, 2.05) is 6.92 Å². The molecule has 0 saturated carbocycles. The molecule has 0 fully saturated rings. The quantitative estimate of drug-likeness (QED) is 0.657. The molecule has 0 bridgehead atoms. The minimum absolute atomic E-state index is 0.100. The maximum absolute atomic E-state index is 12.7. The molecule has 152 valence electrons. The first-order valence-corrected chi connectivity index (χ1v) is 11.1. The standard InChI is InChI=1S/C19H24N2O5S2/c1-5-21(6-2)28(24,25)15-9-7-13(3)16(11-15)20-18(22)12-26-19(23)17-10-8-14(4)27-17/h7-11H,5-6,12H2,1-4H3,(H,20,22). The van der Waals surface area contributed by atoms with E-state index in [2.05, 4.69) is 5.32 Å². The van der Waals surface area contributed by atoms with Crippen LogP contribution in [-0.4, -0.2) is 44.3 Å². The Balaban J connectivity index is 2.09. The number of nitrogens with one attached hydrogen (secondary N) is 1. The van der Waals surface area contributed by atoms with Gasteiger partial charge in [0.1, 0.15) is 4.88 Å². The van der Waals surface area contributed by atoms with Crippen molar-refractivity contribution in [3.05, 3.63) is 45.6 Å². The topological polar surface area (TPSA) is 92.8 Å². The van der Waals surface area contributed by atoms with Gasteiger partial charge in [0.2, 0.25) is 10.0 Å². The molecular formula is C19H24N2O5S2. The second-order valence-electron chi connectivity index (χ2n) is 6.10. The van der Waals surface area contributed by atoms with Crippen LogP contribution in [0.15, 0.2) is 35.2 Å². The first kappa shape index (κ1) is 22.1. The summed E-state index contributed by atoms with van der Waals surface area (Å²) < 4.78 is 31.7. The van der Waals surface area contributed by atoms with Crippen molar-refractivity contribution in [2.45, 2.75) is 32.6 Å². The molecule has 2 rings (SSSR count). The van der Waals surface area contributed by atoms with Gasteiger partial charge in [-0.1, -0.05) is 19.9 Å². The van der Waals surface area contributed by atoms with Crippen molar-refractivity contribution in [2.75, 3.05) is 25.0 Å². The highest BCUT2D eigenvalue weighted by Crippen LogP contribution is 2.23. The van der Waals surface area contributed by atoms with Crippen LogP contribution in [0.2, 0.25) is 0 Å². The fraction of sp³-hybridized carbons (Fsp3) is 0.368. The molecule has 1 N–H and O–H groups in total. The number of aryl methyl sites for hydroxylation is 2. The van der Waals surface area contributed by atoms with Crippen LogP contribution in [0.1, 0.15) is 34.0 Å². The molecule has 7 nitrogen and oxygen atoms in total. The third-order valence-electron chi connectivity index (χ3n) is 4.10. The lowest BCUT2D eigenvalue weighted by Crippen LogP contribution is -2.30. The van der Waals surface area contributed by atoms with Crippen LogP contribution in [0.5, 0.6) is 0 Å². The highest BCUT2D eigenvalue weighted by atomic mass is 32.2. The SMILES string of the molecule is CCN(CC)S(=O)(=O)c1ccc(C)c(NC(=O)COC(=O)c2ccc(C)s2)c1. The number of benzene rings is 1. The van der Waals surface area contributed by atoms with Crippen molar-refractivity contribution in [1.82, 2.24) is 4.31 Å². The first-order chi connectivity index (χ1) is 13.2. The number of nitrogens with zero attached hydrogens (tertiary/aromatic N) is 1. The largest absolute Gasteiger partial charge is 0.451 e. The summed E-state index contributed by atoms with van der Waals surface area (Å²) >= 11 is 1.29. The highest BCUT2D eigenvalue weighted by Gasteiger charge is 2.22. The lowest BCUT2D eigenvalue weighted by atomic mass is 10.2. The van der Waals surface area contributed by atoms with Gasteiger partial charge in [0.05, 0.1) is 4.90 Å². The van der Waals surface area contributed by atoms with Crippen LogP contribution in [0.3, 0.4) is 0 Å². The summed E-state index contributed by atoms with van der Waals surface area (Å²) in [6, 6.07) is 8.01. The van der Waals surface area contributed by atoms with Crippen molar-refractivity contribution < 1.29 is 22.7 Å². The molecule has 9 heteroatoms. The summed E-state index contributed by atoms with van der Waals surface area (Å²) in [4.78, 5) is 25.6. The van der Waals surface area contributed by atoms with Gasteiger partial charge in [-0.05, 0) is 43.7 Å². The summed E-state index contributed by atoms with van der Waals surface area (Å²) in [5, 5.41) is 2.61. The van der Waals surface area contributed by atoms with Gasteiger partial charge in [-0.2, -0.15) is 4.31 Å². The number of esters is 1. The first-order valence-electron chi connectivity index (χ1n) is 8.83. The number of carbonyl (C=O) groups is 2. The van der Waals surface area contributed by atoms with E-state index in [0.29, 0.717) is 29.2 Å². The van der Waals surface area contributed by atoms with Gasteiger partial charge in [-0.25, -0.2) is 13.2 Å². The van der Waals surface area contributed by atoms with Crippen LogP contribution in [0.25, 0.3) is 0 Å². The number of carbonyl (C=O) groups excluding carboxylic acids is 2. The normalized spacial score (nSPS) is 11.5. The molecule has 0 spiro atoms. The zero-order valence-electron chi connectivity index (χ0n) is 16.3. The molecule has 1 amide bonds. The monoisotopic (exact) mass is 424 g/mol. The van der Waals surface area contributed by atoms with Gasteiger partial charge in [-0.15, -0.1) is 11.3 Å². The molecule has 0 aliphatic heterocycles. The van der Waals surface area contributed by atoms with E-state index < -0.39 is 28.5 Å². The third kappa shape index (κ3) is 5.18. The fourth-order valence-corrected chi connectivity index (χ4v) is 4.79. The summed E-state index contributed by atoms with van der Waals surface area (Å²) in [5.74, 6) is -1.11. The number of rotatable bonds is 8. The lowest BCUT2D eigenvalue weighted by Gasteiger charge is -2.19. The molecule has 0 unspecified atom stereocenters. The molecule has 1 aromatic carbocycles. The molecular weight excluding hydrogens is 400 g/mol. The average Bonchev–Trinajstić information content (AvgIpc) is 3.08. The molecule has 0 aliphatic carbocycles. The molecule has 1 heterocycles. The van der Waals surface area contributed by atoms with Gasteiger partial charge in [0.15, 0.2) is 6.61 Å². The summed E-state index contributed by atoms with van der Waals surface area (Å²) in [6.45, 7) is 7.41. The minimum atomic E-state index is -3.64. The minimum Gasteiger partial charge on any atom is -0.451 e. The molecule has 2 aromatic rings. The molecule has 0 aliphatic rings. The zero-order chi connectivity index (χ0) is 20.9. The van der Waals surface area contributed by atoms with Crippen molar-refractivity contribution in [1.29, 1.82) is 0 Å². The van der Waals surface area contributed by atoms with Gasteiger partial charge in [-0.3, -0.25) is 4.79 Å². The lowest BCUT2D eigenvalue weighted by molar-refractivity contribution is -0.119. The van der Waals surface area contributed by atoms with Crippen molar-refractivity contribution in [3.63, 3.8) is 0 Å². The average molecular weight is 425 g/mol. The Bertz CT molecular complexity index is 962. The molecule has 0 saturated heterocycles. The Hall–Kier alpha value is -2.23. The maximum Gasteiger partial charge on any atom is 0.348 e. The fourth-order valence-electron chi connectivity index (χ4n) is 2.54. The Morgan fingerprint density at radius 2 is 1.79 bits per heavy atom. The van der Waals surface area contributed by atoms with Crippen LogP contribution >= 0.6 is 11.3 Å². The second kappa shape index (κ2) is 9.31. The van der Waals surface area contributed by atoms with Gasteiger partial charge < -0.3 is 10.1 Å². The number of thiophene rings is 1. The van der Waals surface area contributed by atoms with E-state index in [1.54, 1.807) is 39.0 Å². The van der Waals surface area contributed by atoms with E-state index >= 15 is 0 Å².